The molecule has 0 atom stereocenters. The molecule has 20 heavy (non-hydrogen) atoms. The number of aromatic nitrogens is 2. The zero-order chi connectivity index (χ0) is 14.8. The first-order valence-corrected chi connectivity index (χ1v) is 8.50. The van der Waals surface area contributed by atoms with Crippen LogP contribution in [-0.2, 0) is 23.1 Å². The van der Waals surface area contributed by atoms with E-state index < -0.39 is 16.6 Å². The Labute approximate surface area is 125 Å². The molecule has 3 N–H and O–H groups in total. The maximum absolute atomic E-state index is 12.2. The molecule has 0 aliphatic heterocycles. The highest BCUT2D eigenvalue weighted by atomic mass is 35.5. The van der Waals surface area contributed by atoms with E-state index in [4.69, 9.17) is 16.7 Å². The number of halogens is 1. The summed E-state index contributed by atoms with van der Waals surface area (Å²) in [5.74, 6) is 0. The number of nitrogens with zero attached hydrogens (tertiary/aromatic N) is 1. The monoisotopic (exact) mass is 335 g/mol. The van der Waals surface area contributed by atoms with Gasteiger partial charge >= 0.3 is 0 Å². The summed E-state index contributed by atoms with van der Waals surface area (Å²) in [6.07, 6.45) is 0.558. The molecule has 0 saturated heterocycles. The van der Waals surface area contributed by atoms with E-state index in [2.05, 4.69) is 14.9 Å². The lowest BCUT2D eigenvalue weighted by Gasteiger charge is -2.06. The zero-order valence-electron chi connectivity index (χ0n) is 10.7. The van der Waals surface area contributed by atoms with Crippen LogP contribution in [0.1, 0.15) is 16.3 Å². The van der Waals surface area contributed by atoms with Crippen LogP contribution in [0.3, 0.4) is 0 Å². The molecule has 0 fully saturated rings. The normalized spacial score (nSPS) is 11.9. The number of aryl methyl sites for hydroxylation is 1. The average Bonchev–Trinajstić information content (AvgIpc) is 2.95. The maximum atomic E-state index is 12.2. The van der Waals surface area contributed by atoms with Gasteiger partial charge in [0.05, 0.1) is 16.6 Å². The number of rotatable bonds is 6. The second kappa shape index (κ2) is 6.23. The fourth-order valence-electron chi connectivity index (χ4n) is 1.80. The fourth-order valence-corrected chi connectivity index (χ4v) is 4.27. The van der Waals surface area contributed by atoms with E-state index in [-0.39, 0.29) is 17.1 Å². The quantitative estimate of drug-likeness (QED) is 0.744. The van der Waals surface area contributed by atoms with E-state index >= 15 is 0 Å². The number of nitrogens with one attached hydrogen (secondary N) is 2. The number of hydrogen-bond donors (Lipinski definition) is 3. The molecule has 2 rings (SSSR count). The maximum Gasteiger partial charge on any atom is 0.244 e. The van der Waals surface area contributed by atoms with E-state index in [1.807, 2.05) is 6.07 Å². The van der Waals surface area contributed by atoms with Crippen molar-refractivity contribution in [3.63, 3.8) is 0 Å². The number of aliphatic hydroxyl groups excluding tert-OH is 1. The van der Waals surface area contributed by atoms with Crippen LogP contribution in [0.4, 0.5) is 0 Å². The van der Waals surface area contributed by atoms with Gasteiger partial charge in [-0.15, -0.1) is 11.3 Å². The van der Waals surface area contributed by atoms with Crippen molar-refractivity contribution in [2.75, 3.05) is 6.54 Å². The first-order valence-electron chi connectivity index (χ1n) is 5.82. The van der Waals surface area contributed by atoms with E-state index in [0.29, 0.717) is 16.5 Å². The lowest BCUT2D eigenvalue weighted by atomic mass is 10.3. The minimum Gasteiger partial charge on any atom is -0.390 e. The van der Waals surface area contributed by atoms with Crippen molar-refractivity contribution in [3.8, 4) is 0 Å². The molecule has 0 amide bonds. The molecule has 0 unspecified atom stereocenters. The Kier molecular flexibility index (Phi) is 4.82. The van der Waals surface area contributed by atoms with Crippen molar-refractivity contribution in [3.05, 3.63) is 32.7 Å². The Hall–Kier alpha value is -0.930. The molecule has 0 spiro atoms. The number of aliphatic hydroxyl groups is 1. The summed E-state index contributed by atoms with van der Waals surface area (Å²) in [7, 11) is -3.69. The van der Waals surface area contributed by atoms with Gasteiger partial charge in [-0.25, -0.2) is 13.1 Å². The zero-order valence-corrected chi connectivity index (χ0v) is 13.1. The molecular weight excluding hydrogens is 322 g/mol. The first-order chi connectivity index (χ1) is 9.44. The van der Waals surface area contributed by atoms with Gasteiger partial charge in [0.15, 0.2) is 0 Å². The highest BCUT2D eigenvalue weighted by Gasteiger charge is 2.23. The second-order valence-corrected chi connectivity index (χ2v) is 7.64. The van der Waals surface area contributed by atoms with Crippen molar-refractivity contribution in [2.45, 2.75) is 24.8 Å². The third-order valence-electron chi connectivity index (χ3n) is 2.67. The second-order valence-electron chi connectivity index (χ2n) is 4.14. The van der Waals surface area contributed by atoms with E-state index in [1.54, 1.807) is 13.0 Å². The van der Waals surface area contributed by atoms with Crippen LogP contribution in [0.15, 0.2) is 17.0 Å². The molecule has 6 nitrogen and oxygen atoms in total. The van der Waals surface area contributed by atoms with E-state index in [1.165, 1.54) is 11.3 Å². The van der Waals surface area contributed by atoms with Crippen LogP contribution < -0.4 is 4.72 Å². The Morgan fingerprint density at radius 1 is 1.50 bits per heavy atom. The molecule has 9 heteroatoms. The van der Waals surface area contributed by atoms with Gasteiger partial charge in [-0.2, -0.15) is 5.10 Å². The SMILES string of the molecule is Cc1[nH]nc(CO)c1S(=O)(=O)NCCc1ccc(Cl)s1. The first kappa shape index (κ1) is 15.5. The molecule has 0 bridgehead atoms. The lowest BCUT2D eigenvalue weighted by molar-refractivity contribution is 0.273. The number of aromatic amines is 1. The van der Waals surface area contributed by atoms with Gasteiger partial charge < -0.3 is 5.11 Å². The number of thiophene rings is 1. The van der Waals surface area contributed by atoms with Crippen LogP contribution in [0.2, 0.25) is 4.34 Å². The highest BCUT2D eigenvalue weighted by molar-refractivity contribution is 7.89. The van der Waals surface area contributed by atoms with Crippen LogP contribution in [0, 0.1) is 6.92 Å². The number of hydrogen-bond acceptors (Lipinski definition) is 5. The molecule has 2 heterocycles. The Bertz CT molecular complexity index is 694. The topological polar surface area (TPSA) is 95.1 Å². The summed E-state index contributed by atoms with van der Waals surface area (Å²) < 4.78 is 27.5. The molecule has 0 aromatic carbocycles. The largest absolute Gasteiger partial charge is 0.390 e. The van der Waals surface area contributed by atoms with Gasteiger partial charge in [0, 0.05) is 11.4 Å². The average molecular weight is 336 g/mol. The van der Waals surface area contributed by atoms with Gasteiger partial charge in [0.2, 0.25) is 10.0 Å². The third-order valence-corrected chi connectivity index (χ3v) is 5.63. The van der Waals surface area contributed by atoms with Crippen LogP contribution in [-0.4, -0.2) is 30.3 Å². The number of H-pyrrole nitrogens is 1. The van der Waals surface area contributed by atoms with Crippen molar-refractivity contribution in [1.29, 1.82) is 0 Å². The minimum absolute atomic E-state index is 0.0178. The van der Waals surface area contributed by atoms with Crippen molar-refractivity contribution in [1.82, 2.24) is 14.9 Å². The van der Waals surface area contributed by atoms with Crippen LogP contribution >= 0.6 is 22.9 Å². The summed E-state index contributed by atoms with van der Waals surface area (Å²) in [5, 5.41) is 15.4. The summed E-state index contributed by atoms with van der Waals surface area (Å²) in [6, 6.07) is 3.64. The molecule has 0 aliphatic carbocycles. The predicted octanol–water partition coefficient (Wildman–Crippen LogP) is 1.45. The Balaban J connectivity index is 2.06. The summed E-state index contributed by atoms with van der Waals surface area (Å²) in [5.41, 5.74) is 0.523. The lowest BCUT2D eigenvalue weighted by Crippen LogP contribution is -2.27. The predicted molar refractivity (Wildman–Crippen MR) is 77.5 cm³/mol. The van der Waals surface area contributed by atoms with Gasteiger partial charge in [0.1, 0.15) is 10.6 Å². The molecular formula is C11H14ClN3O3S2. The van der Waals surface area contributed by atoms with Gasteiger partial charge in [-0.05, 0) is 25.5 Å². The Morgan fingerprint density at radius 2 is 2.25 bits per heavy atom. The molecule has 0 saturated carbocycles. The van der Waals surface area contributed by atoms with E-state index in [0.717, 1.165) is 4.88 Å². The summed E-state index contributed by atoms with van der Waals surface area (Å²) >= 11 is 7.23. The molecule has 0 aliphatic rings. The van der Waals surface area contributed by atoms with Crippen LogP contribution in [0.25, 0.3) is 0 Å². The van der Waals surface area contributed by atoms with E-state index in [9.17, 15) is 8.42 Å². The minimum atomic E-state index is -3.69. The van der Waals surface area contributed by atoms with Crippen molar-refractivity contribution < 1.29 is 13.5 Å². The van der Waals surface area contributed by atoms with Crippen molar-refractivity contribution in [2.24, 2.45) is 0 Å². The molecule has 2 aromatic heterocycles. The van der Waals surface area contributed by atoms with Crippen molar-refractivity contribution >= 4 is 33.0 Å². The third kappa shape index (κ3) is 3.39. The summed E-state index contributed by atoms with van der Waals surface area (Å²) in [6.45, 7) is 1.43. The Morgan fingerprint density at radius 3 is 2.85 bits per heavy atom. The van der Waals surface area contributed by atoms with Gasteiger partial charge in [-0.3, -0.25) is 5.10 Å². The fraction of sp³-hybridized carbons (Fsp3) is 0.364. The smallest absolute Gasteiger partial charge is 0.244 e. The standard InChI is InChI=1S/C11H14ClN3O3S2/c1-7-11(9(6-16)15-14-7)20(17,18)13-5-4-8-2-3-10(12)19-8/h2-3,13,16H,4-6H2,1H3,(H,14,15). The van der Waals surface area contributed by atoms with Crippen LogP contribution in [0.5, 0.6) is 0 Å². The molecule has 2 aromatic rings. The summed E-state index contributed by atoms with van der Waals surface area (Å²) in [4.78, 5) is 1.02. The van der Waals surface area contributed by atoms with Gasteiger partial charge in [-0.1, -0.05) is 11.6 Å². The number of sulfonamides is 1. The highest BCUT2D eigenvalue weighted by Crippen LogP contribution is 2.22. The van der Waals surface area contributed by atoms with Gasteiger partial charge in [0.25, 0.3) is 0 Å². The molecule has 110 valence electrons. The molecule has 0 radical (unpaired) electrons.